The van der Waals surface area contributed by atoms with Crippen LogP contribution >= 0.6 is 31.1 Å². The quantitative estimate of drug-likeness (QED) is 0.0117. The summed E-state index contributed by atoms with van der Waals surface area (Å²) in [7, 11) is -22.6. The van der Waals surface area contributed by atoms with E-state index < -0.39 is 210 Å². The zero-order chi connectivity index (χ0) is 104. The molecule has 37 heteroatoms. The summed E-state index contributed by atoms with van der Waals surface area (Å²) in [4.78, 5) is 134. The summed E-state index contributed by atoms with van der Waals surface area (Å²) < 4.78 is 134. The van der Waals surface area contributed by atoms with Gasteiger partial charge in [0, 0.05) is 19.4 Å². The highest BCUT2D eigenvalue weighted by atomic mass is 31.3. The largest absolute Gasteiger partial charge is 0.481 e. The average Bonchev–Trinajstić information content (AvgIpc) is 0.765. The third-order valence-corrected chi connectivity index (χ3v) is 31.7. The van der Waals surface area contributed by atoms with Gasteiger partial charge in [0.15, 0.2) is 24.8 Å². The summed E-state index contributed by atoms with van der Waals surface area (Å²) in [5.74, 6) is -5.41. The molecule has 8 unspecified atom stereocenters. The van der Waals surface area contributed by atoms with Gasteiger partial charge in [0.1, 0.15) is 48.7 Å². The zero-order valence-corrected chi connectivity index (χ0v) is 92.0. The summed E-state index contributed by atoms with van der Waals surface area (Å²) in [6.45, 7) is 16.5. The highest BCUT2D eigenvalue weighted by Crippen LogP contribution is 2.63. The van der Waals surface area contributed by atoms with Gasteiger partial charge in [-0.1, -0.05) is 382 Å². The number of hydrogen-bond acceptors (Lipinski definition) is 27. The number of nitrogens with one attached hydrogen (secondary N) is 2. The van der Waals surface area contributed by atoms with Crippen molar-refractivity contribution in [2.24, 2.45) is 5.73 Å². The fourth-order valence-corrected chi connectivity index (χ4v) is 22.8. The Morgan fingerprint density at radius 2 is 0.700 bits per heavy atom. The van der Waals surface area contributed by atoms with Crippen molar-refractivity contribution in [2.45, 2.75) is 591 Å². The van der Waals surface area contributed by atoms with Gasteiger partial charge in [-0.05, 0) is 78.6 Å². The Kier molecular flexibility index (Phi) is 77.9. The van der Waals surface area contributed by atoms with Crippen molar-refractivity contribution in [1.82, 2.24) is 10.6 Å². The highest BCUT2D eigenvalue weighted by molar-refractivity contribution is 7.64. The molecule has 0 aromatic heterocycles. The van der Waals surface area contributed by atoms with E-state index in [0.29, 0.717) is 51.4 Å². The van der Waals surface area contributed by atoms with E-state index in [2.05, 4.69) is 52.2 Å². The Hall–Kier alpha value is -2.94. The predicted molar refractivity (Wildman–Crippen MR) is 547 cm³/mol. The molecule has 2 aliphatic rings. The van der Waals surface area contributed by atoms with Crippen LogP contribution < -0.4 is 16.4 Å². The number of aliphatic hydroxyl groups is 3. The summed E-state index contributed by atoms with van der Waals surface area (Å²) in [6.07, 6.45) is 29.3. The van der Waals surface area contributed by atoms with Crippen LogP contribution in [0, 0.1) is 0 Å². The lowest BCUT2D eigenvalue weighted by atomic mass is 9.95. The Balaban J connectivity index is 3.23. The molecule has 0 spiro atoms. The van der Waals surface area contributed by atoms with Crippen molar-refractivity contribution >= 4 is 66.8 Å². The number of ether oxygens (including phenoxy) is 8. The maximum absolute atomic E-state index is 15.7. The second-order valence-electron chi connectivity index (χ2n) is 40.3. The molecule has 0 aliphatic carbocycles. The summed E-state index contributed by atoms with van der Waals surface area (Å²) in [5, 5.41) is 41.3. The number of amides is 2. The minimum Gasteiger partial charge on any atom is -0.462 e. The van der Waals surface area contributed by atoms with E-state index in [1.807, 2.05) is 0 Å². The monoisotopic (exact) mass is 2080 g/mol. The van der Waals surface area contributed by atoms with Gasteiger partial charge in [0.2, 0.25) is 11.8 Å². The molecular weight excluding hydrogens is 1880 g/mol. The number of phosphoric acid groups is 3. The van der Waals surface area contributed by atoms with E-state index in [1.54, 1.807) is 20.8 Å². The van der Waals surface area contributed by atoms with Gasteiger partial charge in [-0.25, -0.2) is 18.0 Å². The summed E-state index contributed by atoms with van der Waals surface area (Å²) in [6, 6.07) is -4.16. The number of unbranched alkanes of at least 4 members (excludes halogenated alkanes) is 50. The zero-order valence-electron chi connectivity index (χ0n) is 88.4. The molecule has 826 valence electrons. The molecular formula is C103H199N3O30P4. The molecule has 0 bridgehead atoms. The lowest BCUT2D eigenvalue weighted by molar-refractivity contribution is -0.299. The number of phosphoric ester groups is 3. The summed E-state index contributed by atoms with van der Waals surface area (Å²) in [5.41, 5.74) is 4.49. The van der Waals surface area contributed by atoms with E-state index in [4.69, 9.17) is 65.8 Å². The Morgan fingerprint density at radius 3 is 1.09 bits per heavy atom. The van der Waals surface area contributed by atoms with Crippen molar-refractivity contribution in [3.63, 3.8) is 0 Å². The maximum Gasteiger partial charge on any atom is 0.481 e. The van der Waals surface area contributed by atoms with Crippen LogP contribution in [0.25, 0.3) is 0 Å². The van der Waals surface area contributed by atoms with E-state index in [9.17, 15) is 72.3 Å². The first kappa shape index (κ1) is 133. The number of hydrogen-bond donors (Lipinski definition) is 10. The minimum absolute atomic E-state index is 0.0245. The average molecular weight is 2080 g/mol. The Bertz CT molecular complexity index is 3350. The molecule has 2 saturated heterocycles. The minimum atomic E-state index is -6.09. The molecule has 33 nitrogen and oxygen atoms in total. The number of carbonyl (C=O) groups is 6. The van der Waals surface area contributed by atoms with E-state index in [-0.39, 0.29) is 51.5 Å². The first-order valence-electron chi connectivity index (χ1n) is 55.4. The fraction of sp³-hybridized carbons (Fsp3) is 0.942. The van der Waals surface area contributed by atoms with Gasteiger partial charge in [0.25, 0.3) is 0 Å². The molecule has 0 radical (unpaired) electrons. The number of esters is 4. The topological polar surface area (TPSA) is 482 Å². The van der Waals surface area contributed by atoms with Crippen molar-refractivity contribution in [2.75, 3.05) is 32.5 Å². The van der Waals surface area contributed by atoms with Gasteiger partial charge >= 0.3 is 54.9 Å². The number of carbonyl (C=O) groups excluding carboxylic acids is 6. The third kappa shape index (κ3) is 69.4. The van der Waals surface area contributed by atoms with Gasteiger partial charge in [-0.15, -0.1) is 0 Å². The van der Waals surface area contributed by atoms with Crippen LogP contribution in [0.5, 0.6) is 0 Å². The predicted octanol–water partition coefficient (Wildman–Crippen LogP) is 24.1. The van der Waals surface area contributed by atoms with Crippen molar-refractivity contribution in [1.29, 1.82) is 0 Å². The molecule has 2 amide bonds. The number of rotatable bonds is 94. The van der Waals surface area contributed by atoms with Crippen LogP contribution in [0.1, 0.15) is 499 Å². The van der Waals surface area contributed by atoms with Crippen molar-refractivity contribution in [3.05, 3.63) is 0 Å². The van der Waals surface area contributed by atoms with E-state index >= 15 is 9.59 Å². The SMILES string of the molecule is CCCCCCCCCCCCCC(=O)O[C@H](CCCCCCCCCCC)CC(=O)O[C@@H]1C(NC(=O)C[C@@H](CCCCCCCCCCC)OC(=O)CCCCCCCCCCC)[C@H](OCC2O[C@H](OP(=O)(O)OP(=O)(O)CCC)C(NC(=O)C[C@H](O)CCCCCCCCCCC)[C@@H](OC(=O)C[C@H](O)CCCCCCCCCCC)[C@@H]2O)OC(COC(C)(C)C)[C@H]1OP(=O)(O)OP(=O)(O)OCCN. The first-order chi connectivity index (χ1) is 67.0. The maximum atomic E-state index is 15.7. The van der Waals surface area contributed by atoms with Crippen LogP contribution in [0.4, 0.5) is 0 Å². The first-order valence-corrected chi connectivity index (χ1v) is 61.7. The van der Waals surface area contributed by atoms with Gasteiger partial charge in [-0.3, -0.25) is 46.9 Å². The lowest BCUT2D eigenvalue weighted by Gasteiger charge is -2.47. The second-order valence-corrected chi connectivity index (χ2v) is 46.9. The Morgan fingerprint density at radius 1 is 0.364 bits per heavy atom. The van der Waals surface area contributed by atoms with Crippen molar-refractivity contribution in [3.8, 4) is 0 Å². The van der Waals surface area contributed by atoms with Gasteiger partial charge in [0.05, 0.1) is 69.5 Å². The molecule has 11 N–H and O–H groups in total. The number of aliphatic hydroxyl groups excluding tert-OH is 3. The number of nitrogens with two attached hydrogens (primary N) is 1. The van der Waals surface area contributed by atoms with Crippen LogP contribution in [0.3, 0.4) is 0 Å². The van der Waals surface area contributed by atoms with Crippen LogP contribution in [0.2, 0.25) is 0 Å². The molecule has 140 heavy (non-hydrogen) atoms. The van der Waals surface area contributed by atoms with E-state index in [0.717, 1.165) is 276 Å². The Labute approximate surface area is 844 Å². The standard InChI is InChI=1S/C103H199N3O30P4/c1-11-18-24-30-36-42-43-49-55-61-67-73-92(112)128-86(71-65-59-53-47-40-34-28-22-15-5)80-94(114)132-100-96(106-90(110)79-85(70-64-58-52-46-39-33-27-21-14-4)127-91(111)72-66-60-54-48-41-35-29-23-16-6)101(130-88(82-125-103(8,9)10)98(100)133-139(120,121)136-138(118,119)126-75-74-104)124-81-87-97(115)99(131-93(113)78-84(108)69-63-57-51-45-38-32-26-20-13-3)95(102(129-87)134-140(122,123)135-137(116,117)76-17-7)105-89(109)77-83(107)68-62-56-50-44-37-31-25-19-12-2/h83-88,95-102,107-108,115H,11-82,104H2,1-10H3,(H,105,109)(H,106,110)(H,116,117)(H,118,119)(H,120,121)(H,122,123)/t83-,84-,85-,86-,87?,88?,95?,96?,97-,98-,99-,100-,101-,102-/m1/s1. The molecule has 2 heterocycles. The lowest BCUT2D eigenvalue weighted by Crippen LogP contribution is -2.68. The molecule has 18 atom stereocenters. The smallest absolute Gasteiger partial charge is 0.462 e. The fourth-order valence-electron chi connectivity index (χ4n) is 17.7. The molecule has 0 saturated carbocycles. The molecule has 2 rings (SSSR count). The van der Waals surface area contributed by atoms with E-state index in [1.165, 1.54) is 39.0 Å². The van der Waals surface area contributed by atoms with Crippen molar-refractivity contribution < 1.29 is 142 Å². The normalized spacial score (nSPS) is 21.1. The van der Waals surface area contributed by atoms with Gasteiger partial charge < -0.3 is 89.2 Å². The molecule has 2 aliphatic heterocycles. The van der Waals surface area contributed by atoms with Crippen LogP contribution in [-0.2, 0) is 107 Å². The molecule has 0 aromatic carbocycles. The third-order valence-electron chi connectivity index (χ3n) is 25.7. The van der Waals surface area contributed by atoms with Crippen LogP contribution in [-0.4, -0.2) is 194 Å². The molecule has 2 fully saturated rings. The second kappa shape index (κ2) is 81.9. The molecule has 0 aromatic rings. The van der Waals surface area contributed by atoms with Gasteiger partial charge in [-0.2, -0.15) is 4.31 Å². The van der Waals surface area contributed by atoms with Crippen LogP contribution in [0.15, 0.2) is 0 Å². The summed E-state index contributed by atoms with van der Waals surface area (Å²) >= 11 is 0. The highest BCUT2D eigenvalue weighted by Gasteiger charge is 2.57.